The van der Waals surface area contributed by atoms with E-state index in [0.29, 0.717) is 22.9 Å². The summed E-state index contributed by atoms with van der Waals surface area (Å²) >= 11 is 0. The van der Waals surface area contributed by atoms with E-state index in [1.165, 1.54) is 16.7 Å². The lowest BCUT2D eigenvalue weighted by molar-refractivity contribution is -0.137. The van der Waals surface area contributed by atoms with Crippen LogP contribution in [-0.2, 0) is 6.18 Å². The van der Waals surface area contributed by atoms with E-state index < -0.39 is 11.7 Å². The Hall–Kier alpha value is -2.87. The average molecular weight is 459 g/mol. The lowest BCUT2D eigenvalue weighted by Gasteiger charge is -2.38. The van der Waals surface area contributed by atoms with Crippen molar-refractivity contribution in [3.63, 3.8) is 0 Å². The minimum atomic E-state index is -4.62. The van der Waals surface area contributed by atoms with Crippen LogP contribution in [0.15, 0.2) is 42.5 Å². The first kappa shape index (κ1) is 23.3. The Morgan fingerprint density at radius 1 is 1.12 bits per heavy atom. The van der Waals surface area contributed by atoms with Gasteiger partial charge in [-0.1, -0.05) is 12.1 Å². The van der Waals surface area contributed by atoms with Crippen LogP contribution >= 0.6 is 0 Å². The molecule has 1 aliphatic rings. The normalized spacial score (nSPS) is 16.0. The van der Waals surface area contributed by atoms with E-state index in [1.807, 2.05) is 0 Å². The molecule has 2 aromatic carbocycles. The lowest BCUT2D eigenvalue weighted by Crippen LogP contribution is -2.47. The second-order valence-corrected chi connectivity index (χ2v) is 8.99. The molecule has 3 aromatic rings. The number of carbonyl (C=O) groups excluding carboxylic acids is 1. The summed E-state index contributed by atoms with van der Waals surface area (Å²) < 4.78 is 43.9. The maximum Gasteiger partial charge on any atom is 0.418 e. The molecule has 5 nitrogen and oxygen atoms in total. The number of alkyl halides is 3. The van der Waals surface area contributed by atoms with Crippen LogP contribution < -0.4 is 0 Å². The Balaban J connectivity index is 1.67. The number of imidazole rings is 1. The summed E-state index contributed by atoms with van der Waals surface area (Å²) in [6, 6.07) is 11.4. The van der Waals surface area contributed by atoms with E-state index in [4.69, 9.17) is 0 Å². The van der Waals surface area contributed by atoms with Gasteiger partial charge in [0.25, 0.3) is 5.91 Å². The first-order valence-electron chi connectivity index (χ1n) is 11.2. The Labute approximate surface area is 191 Å². The summed E-state index contributed by atoms with van der Waals surface area (Å²) in [6.45, 7) is 7.71. The third-order valence-electron chi connectivity index (χ3n) is 6.62. The molecule has 1 aliphatic heterocycles. The molecule has 0 unspecified atom stereocenters. The fraction of sp³-hybridized carbons (Fsp3) is 0.440. The molecule has 176 valence electrons. The average Bonchev–Trinajstić information content (AvgIpc) is 3.12. The van der Waals surface area contributed by atoms with Gasteiger partial charge in [-0.2, -0.15) is 13.2 Å². The fourth-order valence-corrected chi connectivity index (χ4v) is 4.70. The van der Waals surface area contributed by atoms with Crippen LogP contribution in [0.5, 0.6) is 0 Å². The zero-order valence-electron chi connectivity index (χ0n) is 19.4. The highest BCUT2D eigenvalue weighted by Crippen LogP contribution is 2.36. The van der Waals surface area contributed by atoms with Crippen LogP contribution in [0.1, 0.15) is 48.4 Å². The molecule has 1 aromatic heterocycles. The second kappa shape index (κ2) is 8.82. The Bertz CT molecular complexity index is 1160. The lowest BCUT2D eigenvalue weighted by atomic mass is 10.0. The van der Waals surface area contributed by atoms with Crippen LogP contribution in [0.2, 0.25) is 0 Å². The number of hydrogen-bond acceptors (Lipinski definition) is 3. The first-order valence-corrected chi connectivity index (χ1v) is 11.2. The zero-order valence-corrected chi connectivity index (χ0v) is 19.4. The Morgan fingerprint density at radius 3 is 2.42 bits per heavy atom. The number of piperidine rings is 1. The van der Waals surface area contributed by atoms with Crippen LogP contribution in [-0.4, -0.2) is 57.5 Å². The molecule has 1 amide bonds. The molecular formula is C25H29F3N4O. The smallest absolute Gasteiger partial charge is 0.339 e. The number of fused-ring (bicyclic) bond motifs is 1. The van der Waals surface area contributed by atoms with Crippen molar-refractivity contribution in [3.05, 3.63) is 59.4 Å². The van der Waals surface area contributed by atoms with E-state index in [2.05, 4.69) is 23.7 Å². The molecule has 2 heterocycles. The summed E-state index contributed by atoms with van der Waals surface area (Å²) in [5, 5.41) is 0. The summed E-state index contributed by atoms with van der Waals surface area (Å²) in [4.78, 5) is 21.5. The molecule has 0 aliphatic carbocycles. The molecule has 1 fully saturated rings. The van der Waals surface area contributed by atoms with Gasteiger partial charge in [-0.15, -0.1) is 0 Å². The van der Waals surface area contributed by atoms with Gasteiger partial charge < -0.3 is 9.80 Å². The summed E-state index contributed by atoms with van der Waals surface area (Å²) in [5.74, 6) is 0.0667. The monoisotopic (exact) mass is 458 g/mol. The molecule has 0 saturated carbocycles. The van der Waals surface area contributed by atoms with E-state index in [1.54, 1.807) is 43.1 Å². The van der Waals surface area contributed by atoms with Gasteiger partial charge in [-0.05, 0) is 63.9 Å². The third-order valence-corrected chi connectivity index (χ3v) is 6.62. The van der Waals surface area contributed by atoms with Crippen molar-refractivity contribution in [2.45, 2.75) is 51.9 Å². The van der Waals surface area contributed by atoms with Crippen molar-refractivity contribution < 1.29 is 18.0 Å². The number of rotatable bonds is 4. The van der Waals surface area contributed by atoms with E-state index in [9.17, 15) is 18.0 Å². The number of aryl methyl sites for hydroxylation is 1. The molecule has 4 rings (SSSR count). The van der Waals surface area contributed by atoms with Crippen molar-refractivity contribution >= 4 is 16.9 Å². The highest BCUT2D eigenvalue weighted by atomic mass is 19.4. The number of carbonyl (C=O) groups is 1. The zero-order chi connectivity index (χ0) is 23.9. The number of likely N-dealkylation sites (tertiary alicyclic amines) is 1. The minimum absolute atomic E-state index is 0.0151. The molecular weight excluding hydrogens is 429 g/mol. The number of amides is 1. The third kappa shape index (κ3) is 4.49. The van der Waals surface area contributed by atoms with E-state index in [-0.39, 0.29) is 23.2 Å². The van der Waals surface area contributed by atoms with Crippen LogP contribution in [0, 0.1) is 6.92 Å². The largest absolute Gasteiger partial charge is 0.418 e. The van der Waals surface area contributed by atoms with Gasteiger partial charge in [0.2, 0.25) is 0 Å². The number of nitrogens with zero attached hydrogens (tertiary/aromatic N) is 4. The predicted molar refractivity (Wildman–Crippen MR) is 123 cm³/mol. The predicted octanol–water partition coefficient (Wildman–Crippen LogP) is 5.30. The Morgan fingerprint density at radius 2 is 1.79 bits per heavy atom. The number of halogens is 3. The molecule has 0 atom stereocenters. The van der Waals surface area contributed by atoms with Crippen molar-refractivity contribution in [2.24, 2.45) is 0 Å². The van der Waals surface area contributed by atoms with E-state index in [0.717, 1.165) is 32.0 Å². The van der Waals surface area contributed by atoms with Gasteiger partial charge in [-0.25, -0.2) is 4.98 Å². The molecule has 0 spiro atoms. The number of benzene rings is 2. The van der Waals surface area contributed by atoms with Gasteiger partial charge in [0.1, 0.15) is 5.82 Å². The van der Waals surface area contributed by atoms with Crippen molar-refractivity contribution in [2.75, 3.05) is 20.1 Å². The van der Waals surface area contributed by atoms with Crippen LogP contribution in [0.4, 0.5) is 13.2 Å². The van der Waals surface area contributed by atoms with Crippen molar-refractivity contribution in [3.8, 4) is 5.69 Å². The molecule has 0 radical (unpaired) electrons. The molecule has 0 bridgehead atoms. The highest BCUT2D eigenvalue weighted by Gasteiger charge is 2.36. The highest BCUT2D eigenvalue weighted by molar-refractivity contribution is 5.95. The summed E-state index contributed by atoms with van der Waals surface area (Å²) in [5.41, 5.74) is 0.382. The van der Waals surface area contributed by atoms with Crippen LogP contribution in [0.25, 0.3) is 16.7 Å². The number of aromatic nitrogens is 2. The summed E-state index contributed by atoms with van der Waals surface area (Å²) in [7, 11) is 1.69. The van der Waals surface area contributed by atoms with Gasteiger partial charge in [0.05, 0.1) is 22.3 Å². The van der Waals surface area contributed by atoms with Gasteiger partial charge in [0.15, 0.2) is 0 Å². The number of hydrogen-bond donors (Lipinski definition) is 0. The topological polar surface area (TPSA) is 41.4 Å². The van der Waals surface area contributed by atoms with Crippen LogP contribution in [0.3, 0.4) is 0 Å². The fourth-order valence-electron chi connectivity index (χ4n) is 4.70. The van der Waals surface area contributed by atoms with E-state index >= 15 is 0 Å². The van der Waals surface area contributed by atoms with Crippen molar-refractivity contribution in [1.82, 2.24) is 19.4 Å². The van der Waals surface area contributed by atoms with Gasteiger partial charge >= 0.3 is 6.18 Å². The SMILES string of the molecule is Cc1nc2ccccc2n1-c1ccc(C(=O)N(C)C2CCN(C(C)C)CC2)cc1C(F)(F)F. The number of para-hydroxylation sites is 2. The first-order chi connectivity index (χ1) is 15.6. The quantitative estimate of drug-likeness (QED) is 0.533. The van der Waals surface area contributed by atoms with Gasteiger partial charge in [-0.3, -0.25) is 9.36 Å². The van der Waals surface area contributed by atoms with Gasteiger partial charge in [0, 0.05) is 37.8 Å². The standard InChI is InChI=1S/C25H29F3N4O/c1-16(2)31-13-11-19(12-14-31)30(4)24(33)18-9-10-22(20(15-18)25(26,27)28)32-17(3)29-21-7-5-6-8-23(21)32/h5-10,15-16,19H,11-14H2,1-4H3. The summed E-state index contributed by atoms with van der Waals surface area (Å²) in [6.07, 6.45) is -3.00. The minimum Gasteiger partial charge on any atom is -0.339 e. The molecule has 0 N–H and O–H groups in total. The molecule has 8 heteroatoms. The molecule has 1 saturated heterocycles. The van der Waals surface area contributed by atoms with Crippen molar-refractivity contribution in [1.29, 1.82) is 0 Å². The molecule has 33 heavy (non-hydrogen) atoms. The Kier molecular flexibility index (Phi) is 6.22. The second-order valence-electron chi connectivity index (χ2n) is 8.99. The maximum atomic E-state index is 14.1. The maximum absolute atomic E-state index is 14.1.